The molecule has 1 rings (SSSR count). The fraction of sp³-hybridized carbons (Fsp3) is 0.929. The lowest BCUT2D eigenvalue weighted by molar-refractivity contribution is -0.144. The number of hydrogen-bond donors (Lipinski definition) is 2. The summed E-state index contributed by atoms with van der Waals surface area (Å²) in [4.78, 5) is 13.6. The molecule has 0 aromatic rings. The van der Waals surface area contributed by atoms with E-state index in [1.165, 1.54) is 0 Å². The largest absolute Gasteiger partial charge is 0.480 e. The molecular formula is C14H28N2O4. The average molecular weight is 288 g/mol. The molecular weight excluding hydrogens is 260 g/mol. The molecule has 0 bridgehead atoms. The van der Waals surface area contributed by atoms with Crippen molar-refractivity contribution >= 4 is 5.97 Å². The quantitative estimate of drug-likeness (QED) is 0.646. The Balaban J connectivity index is 2.50. The predicted molar refractivity (Wildman–Crippen MR) is 77.0 cm³/mol. The first kappa shape index (κ1) is 17.4. The lowest BCUT2D eigenvalue weighted by atomic mass is 9.97. The van der Waals surface area contributed by atoms with E-state index in [-0.39, 0.29) is 12.2 Å². The molecule has 6 nitrogen and oxygen atoms in total. The Morgan fingerprint density at radius 2 is 1.90 bits per heavy atom. The Labute approximate surface area is 121 Å². The van der Waals surface area contributed by atoms with Crippen molar-refractivity contribution in [3.05, 3.63) is 0 Å². The molecule has 0 aromatic carbocycles. The first-order valence-corrected chi connectivity index (χ1v) is 7.23. The number of aliphatic carboxylic acids is 1. The maximum atomic E-state index is 11.4. The van der Waals surface area contributed by atoms with Gasteiger partial charge in [-0.3, -0.25) is 9.69 Å². The van der Waals surface area contributed by atoms with Crippen LogP contribution in [0, 0.1) is 0 Å². The Hall–Kier alpha value is -0.690. The maximum absolute atomic E-state index is 11.4. The number of carbonyl (C=O) groups is 1. The number of carboxylic acids is 1. The molecule has 2 N–H and O–H groups in total. The van der Waals surface area contributed by atoms with Crippen LogP contribution >= 0.6 is 0 Å². The average Bonchev–Trinajstić information content (AvgIpc) is 2.85. The van der Waals surface area contributed by atoms with Crippen molar-refractivity contribution in [2.75, 3.05) is 40.4 Å². The predicted octanol–water partition coefficient (Wildman–Crippen LogP) is 0.565. The smallest absolute Gasteiger partial charge is 0.323 e. The van der Waals surface area contributed by atoms with Crippen LogP contribution in [0.4, 0.5) is 0 Å². The molecule has 118 valence electrons. The zero-order valence-corrected chi connectivity index (χ0v) is 13.0. The van der Waals surface area contributed by atoms with Gasteiger partial charge in [-0.2, -0.15) is 0 Å². The third kappa shape index (κ3) is 4.41. The van der Waals surface area contributed by atoms with Crippen LogP contribution in [-0.2, 0) is 14.3 Å². The van der Waals surface area contributed by atoms with Gasteiger partial charge in [0.05, 0.1) is 12.2 Å². The Bertz CT molecular complexity index is 302. The van der Waals surface area contributed by atoms with Crippen molar-refractivity contribution in [1.82, 2.24) is 10.2 Å². The summed E-state index contributed by atoms with van der Waals surface area (Å²) >= 11 is 0. The molecule has 3 atom stereocenters. The first-order chi connectivity index (χ1) is 9.46. The fourth-order valence-electron chi connectivity index (χ4n) is 2.51. The van der Waals surface area contributed by atoms with Gasteiger partial charge in [-0.15, -0.1) is 0 Å². The molecule has 20 heavy (non-hydrogen) atoms. The molecule has 0 aliphatic carbocycles. The minimum Gasteiger partial charge on any atom is -0.480 e. The van der Waals surface area contributed by atoms with E-state index in [9.17, 15) is 9.90 Å². The second kappa shape index (κ2) is 7.93. The number of likely N-dealkylation sites (tertiary alicyclic amines) is 1. The molecule has 0 spiro atoms. The highest BCUT2D eigenvalue weighted by Gasteiger charge is 2.36. The summed E-state index contributed by atoms with van der Waals surface area (Å²) < 4.78 is 10.8. The van der Waals surface area contributed by atoms with Crippen molar-refractivity contribution in [1.29, 1.82) is 0 Å². The third-order valence-electron chi connectivity index (χ3n) is 4.06. The van der Waals surface area contributed by atoms with Crippen molar-refractivity contribution in [2.45, 2.75) is 44.4 Å². The fourth-order valence-corrected chi connectivity index (χ4v) is 2.51. The van der Waals surface area contributed by atoms with E-state index in [4.69, 9.17) is 9.47 Å². The van der Waals surface area contributed by atoms with E-state index >= 15 is 0 Å². The van der Waals surface area contributed by atoms with Gasteiger partial charge in [0.2, 0.25) is 0 Å². The summed E-state index contributed by atoms with van der Waals surface area (Å²) in [7, 11) is 3.37. The summed E-state index contributed by atoms with van der Waals surface area (Å²) in [5.74, 6) is -0.795. The summed E-state index contributed by atoms with van der Waals surface area (Å²) in [6.07, 6.45) is 1.62. The number of carboxylic acid groups (broad SMARTS) is 1. The minimum atomic E-state index is -0.871. The van der Waals surface area contributed by atoms with E-state index in [1.54, 1.807) is 21.1 Å². The number of ether oxygens (including phenoxy) is 2. The monoisotopic (exact) mass is 288 g/mol. The molecule has 0 amide bonds. The summed E-state index contributed by atoms with van der Waals surface area (Å²) in [6.45, 7) is 6.80. The molecule has 0 radical (unpaired) electrons. The molecule has 1 aliphatic heterocycles. The van der Waals surface area contributed by atoms with Crippen molar-refractivity contribution in [3.8, 4) is 0 Å². The van der Waals surface area contributed by atoms with Crippen LogP contribution in [-0.4, -0.2) is 74.1 Å². The Morgan fingerprint density at radius 3 is 2.30 bits per heavy atom. The van der Waals surface area contributed by atoms with Gasteiger partial charge in [0.15, 0.2) is 0 Å². The van der Waals surface area contributed by atoms with Crippen LogP contribution in [0.1, 0.15) is 26.7 Å². The van der Waals surface area contributed by atoms with Gasteiger partial charge in [-0.25, -0.2) is 0 Å². The standard InChI is InChI=1S/C14H28N2O4/c1-5-7-15-14(2,13(17)18)6-8-16-9-11(19-3)12(10-16)20-4/h11-12,15H,5-10H2,1-4H3,(H,17,18). The molecule has 0 saturated carbocycles. The zero-order chi connectivity index (χ0) is 15.2. The second-order valence-corrected chi connectivity index (χ2v) is 5.62. The van der Waals surface area contributed by atoms with Gasteiger partial charge in [0.1, 0.15) is 5.54 Å². The van der Waals surface area contributed by atoms with E-state index in [1.807, 2.05) is 6.92 Å². The van der Waals surface area contributed by atoms with Crippen molar-refractivity contribution in [3.63, 3.8) is 0 Å². The number of methoxy groups -OCH3 is 2. The van der Waals surface area contributed by atoms with E-state index in [0.29, 0.717) is 13.0 Å². The van der Waals surface area contributed by atoms with Crippen LogP contribution in [0.5, 0.6) is 0 Å². The van der Waals surface area contributed by atoms with Crippen LogP contribution in [0.15, 0.2) is 0 Å². The van der Waals surface area contributed by atoms with Gasteiger partial charge < -0.3 is 19.9 Å². The third-order valence-corrected chi connectivity index (χ3v) is 4.06. The first-order valence-electron chi connectivity index (χ1n) is 7.23. The molecule has 1 heterocycles. The van der Waals surface area contributed by atoms with Gasteiger partial charge in [-0.05, 0) is 26.3 Å². The summed E-state index contributed by atoms with van der Waals surface area (Å²) in [5.41, 5.74) is -0.871. The number of nitrogens with one attached hydrogen (secondary N) is 1. The number of nitrogens with zero attached hydrogens (tertiary/aromatic N) is 1. The minimum absolute atomic E-state index is 0.0692. The normalized spacial score (nSPS) is 26.6. The second-order valence-electron chi connectivity index (χ2n) is 5.62. The molecule has 6 heteroatoms. The zero-order valence-electron chi connectivity index (χ0n) is 13.0. The molecule has 0 aromatic heterocycles. The van der Waals surface area contributed by atoms with Crippen molar-refractivity contribution < 1.29 is 19.4 Å². The SMILES string of the molecule is CCCNC(C)(CCN1CC(OC)C(OC)C1)C(=O)O. The van der Waals surface area contributed by atoms with E-state index < -0.39 is 11.5 Å². The van der Waals surface area contributed by atoms with Gasteiger partial charge in [0, 0.05) is 33.9 Å². The Morgan fingerprint density at radius 1 is 1.35 bits per heavy atom. The highest BCUT2D eigenvalue weighted by Crippen LogP contribution is 2.18. The van der Waals surface area contributed by atoms with Gasteiger partial charge in [-0.1, -0.05) is 6.92 Å². The molecule has 1 aliphatic rings. The number of hydrogen-bond acceptors (Lipinski definition) is 5. The maximum Gasteiger partial charge on any atom is 0.323 e. The van der Waals surface area contributed by atoms with E-state index in [2.05, 4.69) is 10.2 Å². The van der Waals surface area contributed by atoms with Gasteiger partial charge in [0.25, 0.3) is 0 Å². The van der Waals surface area contributed by atoms with Crippen LogP contribution < -0.4 is 5.32 Å². The van der Waals surface area contributed by atoms with Crippen LogP contribution in [0.2, 0.25) is 0 Å². The molecule has 1 saturated heterocycles. The highest BCUT2D eigenvalue weighted by atomic mass is 16.5. The summed E-state index contributed by atoms with van der Waals surface area (Å²) in [5, 5.41) is 12.5. The highest BCUT2D eigenvalue weighted by molar-refractivity contribution is 5.78. The van der Waals surface area contributed by atoms with Crippen LogP contribution in [0.3, 0.4) is 0 Å². The molecule has 3 unspecified atom stereocenters. The van der Waals surface area contributed by atoms with E-state index in [0.717, 1.165) is 26.1 Å². The Kier molecular flexibility index (Phi) is 6.88. The van der Waals surface area contributed by atoms with Gasteiger partial charge >= 0.3 is 5.97 Å². The summed E-state index contributed by atoms with van der Waals surface area (Å²) in [6, 6.07) is 0. The topological polar surface area (TPSA) is 71.0 Å². The lowest BCUT2D eigenvalue weighted by Gasteiger charge is -2.28. The number of rotatable bonds is 9. The molecule has 1 fully saturated rings. The lowest BCUT2D eigenvalue weighted by Crippen LogP contribution is -2.51. The van der Waals surface area contributed by atoms with Crippen molar-refractivity contribution in [2.24, 2.45) is 0 Å². The van der Waals surface area contributed by atoms with Crippen LogP contribution in [0.25, 0.3) is 0 Å².